The second kappa shape index (κ2) is 10.7. The molecule has 0 unspecified atom stereocenters. The van der Waals surface area contributed by atoms with Crippen LogP contribution in [0, 0.1) is 6.92 Å². The highest BCUT2D eigenvalue weighted by atomic mass is 16.5. The lowest BCUT2D eigenvalue weighted by atomic mass is 10.0. The third-order valence-electron chi connectivity index (χ3n) is 8.29. The maximum atomic E-state index is 13.6. The molecular formula is C31H35N5O4. The fourth-order valence-electron chi connectivity index (χ4n) is 6.09. The molecule has 1 N–H and O–H groups in total. The van der Waals surface area contributed by atoms with Gasteiger partial charge in [0.05, 0.1) is 14.2 Å². The van der Waals surface area contributed by atoms with E-state index < -0.39 is 0 Å². The van der Waals surface area contributed by atoms with E-state index in [0.717, 1.165) is 67.3 Å². The van der Waals surface area contributed by atoms with Crippen molar-refractivity contribution in [3.63, 3.8) is 0 Å². The van der Waals surface area contributed by atoms with Gasteiger partial charge < -0.3 is 29.5 Å². The number of nitrogens with zero attached hydrogens (tertiary/aromatic N) is 4. The molecule has 40 heavy (non-hydrogen) atoms. The quantitative estimate of drug-likeness (QED) is 0.505. The summed E-state index contributed by atoms with van der Waals surface area (Å²) in [5, 5.41) is 3.08. The molecule has 1 fully saturated rings. The zero-order valence-electron chi connectivity index (χ0n) is 23.3. The minimum Gasteiger partial charge on any atom is -0.497 e. The number of benzene rings is 2. The molecule has 0 aliphatic carbocycles. The summed E-state index contributed by atoms with van der Waals surface area (Å²) in [5.74, 6) is 1.90. The summed E-state index contributed by atoms with van der Waals surface area (Å²) in [6.45, 7) is 4.86. The molecule has 208 valence electrons. The lowest BCUT2D eigenvalue weighted by Gasteiger charge is -2.38. The van der Waals surface area contributed by atoms with Crippen molar-refractivity contribution in [1.29, 1.82) is 0 Å². The monoisotopic (exact) mass is 541 g/mol. The van der Waals surface area contributed by atoms with E-state index in [1.165, 1.54) is 11.1 Å². The van der Waals surface area contributed by atoms with Crippen molar-refractivity contribution in [2.45, 2.75) is 38.6 Å². The molecule has 3 aliphatic heterocycles. The maximum Gasteiger partial charge on any atom is 0.322 e. The van der Waals surface area contributed by atoms with Gasteiger partial charge in [0.1, 0.15) is 11.6 Å². The highest BCUT2D eigenvalue weighted by molar-refractivity contribution is 6.07. The number of hydrogen-bond acceptors (Lipinski definition) is 6. The van der Waals surface area contributed by atoms with Crippen molar-refractivity contribution in [2.24, 2.45) is 0 Å². The Labute approximate surface area is 234 Å². The van der Waals surface area contributed by atoms with Crippen molar-refractivity contribution in [1.82, 2.24) is 9.88 Å². The lowest BCUT2D eigenvalue weighted by Crippen LogP contribution is -2.49. The molecule has 0 bridgehead atoms. The molecule has 0 radical (unpaired) electrons. The van der Waals surface area contributed by atoms with Crippen molar-refractivity contribution in [3.05, 3.63) is 70.8 Å². The zero-order valence-corrected chi connectivity index (χ0v) is 23.3. The number of rotatable bonds is 5. The molecule has 1 aromatic heterocycles. The number of aryl methyl sites for hydroxylation is 1. The number of aromatic nitrogens is 1. The first-order valence-electron chi connectivity index (χ1n) is 13.9. The van der Waals surface area contributed by atoms with Gasteiger partial charge in [0.15, 0.2) is 0 Å². The minimum absolute atomic E-state index is 0.0446. The second-order valence-electron chi connectivity index (χ2n) is 10.7. The molecule has 3 aromatic rings. The molecule has 0 atom stereocenters. The van der Waals surface area contributed by atoms with E-state index in [0.29, 0.717) is 24.5 Å². The Morgan fingerprint density at radius 1 is 0.925 bits per heavy atom. The average Bonchev–Trinajstić information content (AvgIpc) is 3.32. The van der Waals surface area contributed by atoms with Crippen molar-refractivity contribution in [3.8, 4) is 11.6 Å². The van der Waals surface area contributed by atoms with Crippen LogP contribution < -0.4 is 24.6 Å². The number of anilines is 3. The van der Waals surface area contributed by atoms with Crippen LogP contribution >= 0.6 is 0 Å². The van der Waals surface area contributed by atoms with Gasteiger partial charge in [0.2, 0.25) is 5.88 Å². The molecule has 1 saturated heterocycles. The van der Waals surface area contributed by atoms with Gasteiger partial charge in [-0.25, -0.2) is 4.79 Å². The van der Waals surface area contributed by atoms with Crippen LogP contribution in [0.4, 0.5) is 22.0 Å². The normalized spacial score (nSPS) is 17.2. The number of carbonyl (C=O) groups excluding carboxylic acids is 2. The van der Waals surface area contributed by atoms with E-state index in [1.807, 2.05) is 46.2 Å². The van der Waals surface area contributed by atoms with E-state index in [4.69, 9.17) is 9.47 Å². The third kappa shape index (κ3) is 4.92. The van der Waals surface area contributed by atoms with E-state index in [-0.39, 0.29) is 18.0 Å². The molecule has 3 amide bonds. The summed E-state index contributed by atoms with van der Waals surface area (Å²) in [6, 6.07) is 15.7. The van der Waals surface area contributed by atoms with Crippen LogP contribution in [-0.2, 0) is 12.8 Å². The standard InChI is InChI=1S/C31H35N5O4/c1-20-4-7-27-22(16-20)9-15-36(27)30(37)23-18-28(33-29(19-23)40-3)34-12-10-24(11-13-34)35-14-8-21-17-25(39-2)5-6-26(21)32-31(35)38/h4-7,16-19,24H,8-15H2,1-3H3,(H,32,38). The van der Waals surface area contributed by atoms with Crippen LogP contribution in [0.3, 0.4) is 0 Å². The highest BCUT2D eigenvalue weighted by Gasteiger charge is 2.32. The summed E-state index contributed by atoms with van der Waals surface area (Å²) in [6.07, 6.45) is 3.25. The van der Waals surface area contributed by atoms with Crippen LogP contribution in [0.25, 0.3) is 0 Å². The molecule has 2 aromatic carbocycles. The largest absolute Gasteiger partial charge is 0.497 e. The van der Waals surface area contributed by atoms with Crippen LogP contribution in [0.5, 0.6) is 11.6 Å². The Hall–Kier alpha value is -4.27. The fraction of sp³-hybridized carbons (Fsp3) is 0.387. The van der Waals surface area contributed by atoms with Gasteiger partial charge in [-0.1, -0.05) is 17.7 Å². The lowest BCUT2D eigenvalue weighted by molar-refractivity contribution is 0.0988. The van der Waals surface area contributed by atoms with Crippen molar-refractivity contribution >= 4 is 29.1 Å². The molecular weight excluding hydrogens is 506 g/mol. The number of piperidine rings is 1. The summed E-state index contributed by atoms with van der Waals surface area (Å²) in [4.78, 5) is 37.4. The number of pyridine rings is 1. The SMILES string of the molecule is COc1ccc2c(c1)CCN(C1CCN(c3cc(C(=O)N4CCc5cc(C)ccc54)cc(OC)n3)CC1)C(=O)N2. The summed E-state index contributed by atoms with van der Waals surface area (Å²) in [5.41, 5.74) is 5.88. The predicted molar refractivity (Wildman–Crippen MR) is 155 cm³/mol. The molecule has 3 aliphatic rings. The number of hydrogen-bond donors (Lipinski definition) is 1. The number of fused-ring (bicyclic) bond motifs is 2. The first-order chi connectivity index (χ1) is 19.4. The topological polar surface area (TPSA) is 87.2 Å². The molecule has 0 saturated carbocycles. The van der Waals surface area contributed by atoms with E-state index in [2.05, 4.69) is 28.2 Å². The Morgan fingerprint density at radius 2 is 1.73 bits per heavy atom. The number of methoxy groups -OCH3 is 2. The molecule has 9 nitrogen and oxygen atoms in total. The van der Waals surface area contributed by atoms with E-state index in [9.17, 15) is 9.59 Å². The second-order valence-corrected chi connectivity index (χ2v) is 10.7. The van der Waals surface area contributed by atoms with E-state index >= 15 is 0 Å². The molecule has 6 rings (SSSR count). The summed E-state index contributed by atoms with van der Waals surface area (Å²) in [7, 11) is 3.23. The number of amides is 3. The zero-order chi connectivity index (χ0) is 27.8. The van der Waals surface area contributed by atoms with Gasteiger partial charge in [0, 0.05) is 55.2 Å². The Morgan fingerprint density at radius 3 is 2.50 bits per heavy atom. The van der Waals surface area contributed by atoms with Gasteiger partial charge >= 0.3 is 6.03 Å². The molecule has 9 heteroatoms. The first-order valence-corrected chi connectivity index (χ1v) is 13.9. The number of nitrogens with one attached hydrogen (secondary N) is 1. The Balaban J connectivity index is 1.15. The summed E-state index contributed by atoms with van der Waals surface area (Å²) >= 11 is 0. The Bertz CT molecular complexity index is 1450. The van der Waals surface area contributed by atoms with Gasteiger partial charge in [-0.05, 0) is 74.1 Å². The maximum absolute atomic E-state index is 13.6. The van der Waals surface area contributed by atoms with Crippen LogP contribution in [0.15, 0.2) is 48.5 Å². The van der Waals surface area contributed by atoms with Crippen LogP contribution in [-0.4, -0.2) is 68.3 Å². The van der Waals surface area contributed by atoms with Crippen LogP contribution in [0.1, 0.15) is 39.9 Å². The van der Waals surface area contributed by atoms with Crippen molar-refractivity contribution in [2.75, 3.05) is 55.5 Å². The van der Waals surface area contributed by atoms with Gasteiger partial charge in [-0.2, -0.15) is 4.98 Å². The van der Waals surface area contributed by atoms with Crippen LogP contribution in [0.2, 0.25) is 0 Å². The van der Waals surface area contributed by atoms with Crippen molar-refractivity contribution < 1.29 is 19.1 Å². The van der Waals surface area contributed by atoms with E-state index in [1.54, 1.807) is 20.3 Å². The first kappa shape index (κ1) is 26.0. The summed E-state index contributed by atoms with van der Waals surface area (Å²) < 4.78 is 10.9. The highest BCUT2D eigenvalue weighted by Crippen LogP contribution is 2.32. The van der Waals surface area contributed by atoms with Gasteiger partial charge in [-0.3, -0.25) is 4.79 Å². The average molecular weight is 542 g/mol. The predicted octanol–water partition coefficient (Wildman–Crippen LogP) is 4.67. The minimum atomic E-state index is -0.0594. The molecule has 4 heterocycles. The van der Waals surface area contributed by atoms with Gasteiger partial charge in [-0.15, -0.1) is 0 Å². The van der Waals surface area contributed by atoms with Gasteiger partial charge in [0.25, 0.3) is 5.91 Å². The third-order valence-corrected chi connectivity index (χ3v) is 8.29. The number of carbonyl (C=O) groups is 2. The molecule has 0 spiro atoms. The Kier molecular flexibility index (Phi) is 6.96. The number of urea groups is 1. The smallest absolute Gasteiger partial charge is 0.322 e. The number of ether oxygens (including phenoxy) is 2. The fourth-order valence-corrected chi connectivity index (χ4v) is 6.09.